The first-order valence-corrected chi connectivity index (χ1v) is 10.7. The number of fused-ring (bicyclic) bond motifs is 1. The molecule has 1 saturated carbocycles. The molecule has 5 nitrogen and oxygen atoms in total. The first kappa shape index (κ1) is 20.0. The molecular formula is C24H32N2O3. The molecule has 2 heterocycles. The van der Waals surface area contributed by atoms with E-state index in [1.54, 1.807) is 0 Å². The van der Waals surface area contributed by atoms with Gasteiger partial charge in [0.2, 0.25) is 0 Å². The van der Waals surface area contributed by atoms with E-state index in [9.17, 15) is 9.59 Å². The summed E-state index contributed by atoms with van der Waals surface area (Å²) in [5.41, 5.74) is 2.04. The lowest BCUT2D eigenvalue weighted by Gasteiger charge is -2.30. The van der Waals surface area contributed by atoms with E-state index in [1.807, 2.05) is 12.1 Å². The molecule has 29 heavy (non-hydrogen) atoms. The second-order valence-corrected chi connectivity index (χ2v) is 10.00. The van der Waals surface area contributed by atoms with Crippen LogP contribution in [0.2, 0.25) is 0 Å². The van der Waals surface area contributed by atoms with Gasteiger partial charge in [0.1, 0.15) is 0 Å². The van der Waals surface area contributed by atoms with Crippen molar-refractivity contribution in [1.29, 1.82) is 0 Å². The van der Waals surface area contributed by atoms with E-state index in [1.165, 1.54) is 4.90 Å². The van der Waals surface area contributed by atoms with Gasteiger partial charge in [0.25, 0.3) is 0 Å². The lowest BCUT2D eigenvalue weighted by molar-refractivity contribution is 0.0946. The van der Waals surface area contributed by atoms with Gasteiger partial charge >= 0.3 is 6.09 Å². The molecule has 1 saturated heterocycles. The molecule has 1 aliphatic carbocycles. The van der Waals surface area contributed by atoms with Crippen LogP contribution in [0.1, 0.15) is 57.3 Å². The number of nitrogens with zero attached hydrogens (tertiary/aromatic N) is 2. The molecule has 156 valence electrons. The average Bonchev–Trinajstić information content (AvgIpc) is 2.95. The van der Waals surface area contributed by atoms with Crippen LogP contribution in [0.25, 0.3) is 10.9 Å². The van der Waals surface area contributed by atoms with Gasteiger partial charge in [-0.2, -0.15) is 0 Å². The maximum absolute atomic E-state index is 13.4. The Hall–Kier alpha value is -2.30. The molecule has 0 unspecified atom stereocenters. The number of ketones is 1. The van der Waals surface area contributed by atoms with E-state index in [4.69, 9.17) is 5.11 Å². The largest absolute Gasteiger partial charge is 0.465 e. The highest BCUT2D eigenvalue weighted by Gasteiger charge is 2.68. The smallest absolute Gasteiger partial charge is 0.407 e. The number of likely N-dealkylation sites (tertiary alicyclic amines) is 1. The summed E-state index contributed by atoms with van der Waals surface area (Å²) in [5.74, 6) is 0.867. The topological polar surface area (TPSA) is 62.5 Å². The summed E-state index contributed by atoms with van der Waals surface area (Å²) < 4.78 is 2.23. The fraction of sp³-hybridized carbons (Fsp3) is 0.583. The molecule has 0 spiro atoms. The van der Waals surface area contributed by atoms with Crippen LogP contribution in [0.4, 0.5) is 4.79 Å². The van der Waals surface area contributed by atoms with Gasteiger partial charge in [-0.3, -0.25) is 4.79 Å². The maximum atomic E-state index is 13.4. The van der Waals surface area contributed by atoms with Gasteiger partial charge in [-0.05, 0) is 42.1 Å². The number of rotatable bonds is 5. The van der Waals surface area contributed by atoms with Crippen molar-refractivity contribution in [3.63, 3.8) is 0 Å². The van der Waals surface area contributed by atoms with Crippen LogP contribution >= 0.6 is 0 Å². The zero-order valence-corrected chi connectivity index (χ0v) is 17.9. The number of para-hydroxylation sites is 1. The Labute approximate surface area is 172 Å². The Balaban J connectivity index is 1.52. The van der Waals surface area contributed by atoms with Crippen LogP contribution in [-0.4, -0.2) is 39.5 Å². The van der Waals surface area contributed by atoms with E-state index in [-0.39, 0.29) is 22.5 Å². The lowest BCUT2D eigenvalue weighted by Crippen LogP contribution is -2.37. The predicted octanol–water partition coefficient (Wildman–Crippen LogP) is 5.29. The Morgan fingerprint density at radius 3 is 2.28 bits per heavy atom. The van der Waals surface area contributed by atoms with Gasteiger partial charge in [0.15, 0.2) is 5.78 Å². The Kier molecular flexibility index (Phi) is 4.75. The molecule has 1 aromatic heterocycles. The van der Waals surface area contributed by atoms with Crippen molar-refractivity contribution in [2.75, 3.05) is 13.1 Å². The summed E-state index contributed by atoms with van der Waals surface area (Å²) in [6, 6.07) is 8.20. The number of piperidine rings is 1. The first-order valence-electron chi connectivity index (χ1n) is 10.7. The van der Waals surface area contributed by atoms with Crippen molar-refractivity contribution in [3.8, 4) is 0 Å². The van der Waals surface area contributed by atoms with Crippen molar-refractivity contribution >= 4 is 22.8 Å². The monoisotopic (exact) mass is 396 g/mol. The number of carbonyl (C=O) groups is 2. The third-order valence-corrected chi connectivity index (χ3v) is 8.00. The van der Waals surface area contributed by atoms with E-state index < -0.39 is 6.09 Å². The Morgan fingerprint density at radius 2 is 1.69 bits per heavy atom. The minimum absolute atomic E-state index is 0.0331. The fourth-order valence-corrected chi connectivity index (χ4v) is 5.37. The standard InChI is InChI=1S/C24H32N2O3/c1-23(2)21(24(23,3)4)20(27)18-15-26(19-8-6-5-7-17(18)19)14-11-16-9-12-25(13-10-16)22(28)29/h5-8,15-16,21H,9-14H2,1-4H3,(H,28,29). The molecule has 1 aromatic carbocycles. The third kappa shape index (κ3) is 3.24. The summed E-state index contributed by atoms with van der Waals surface area (Å²) in [6.45, 7) is 10.9. The molecular weight excluding hydrogens is 364 g/mol. The van der Waals surface area contributed by atoms with Crippen LogP contribution in [0.5, 0.6) is 0 Å². The molecule has 5 heteroatoms. The number of hydrogen-bond acceptors (Lipinski definition) is 2. The van der Waals surface area contributed by atoms with Gasteiger partial charge in [0, 0.05) is 48.2 Å². The van der Waals surface area contributed by atoms with Crippen molar-refractivity contribution in [2.24, 2.45) is 22.7 Å². The number of amides is 1. The first-order chi connectivity index (χ1) is 13.6. The quantitative estimate of drug-likeness (QED) is 0.699. The summed E-state index contributed by atoms with van der Waals surface area (Å²) in [4.78, 5) is 26.0. The van der Waals surface area contributed by atoms with Gasteiger partial charge in [0.05, 0.1) is 0 Å². The molecule has 0 bridgehead atoms. The maximum Gasteiger partial charge on any atom is 0.407 e. The number of aryl methyl sites for hydroxylation is 1. The third-order valence-electron chi connectivity index (χ3n) is 8.00. The number of aromatic nitrogens is 1. The van der Waals surface area contributed by atoms with E-state index in [0.29, 0.717) is 19.0 Å². The van der Waals surface area contributed by atoms with Gasteiger partial charge in [-0.15, -0.1) is 0 Å². The zero-order chi connectivity index (χ0) is 21.0. The summed E-state index contributed by atoms with van der Waals surface area (Å²) in [6.07, 6.45) is 4.10. The van der Waals surface area contributed by atoms with Crippen molar-refractivity contribution in [3.05, 3.63) is 36.0 Å². The number of hydrogen-bond donors (Lipinski definition) is 1. The molecule has 1 amide bonds. The normalized spacial score (nSPS) is 21.4. The van der Waals surface area contributed by atoms with Crippen molar-refractivity contribution in [1.82, 2.24) is 9.47 Å². The SMILES string of the molecule is CC1(C)C(C(=O)c2cn(CCC3CCN(C(=O)O)CC3)c3ccccc23)C1(C)C. The van der Waals surface area contributed by atoms with Crippen LogP contribution < -0.4 is 0 Å². The molecule has 1 N–H and O–H groups in total. The Morgan fingerprint density at radius 1 is 1.07 bits per heavy atom. The summed E-state index contributed by atoms with van der Waals surface area (Å²) in [5, 5.41) is 10.2. The molecule has 2 aromatic rings. The van der Waals surface area contributed by atoms with Gasteiger partial charge in [-0.25, -0.2) is 4.79 Å². The fourth-order valence-electron chi connectivity index (χ4n) is 5.37. The second-order valence-electron chi connectivity index (χ2n) is 10.00. The zero-order valence-electron chi connectivity index (χ0n) is 17.9. The minimum Gasteiger partial charge on any atom is -0.465 e. The summed E-state index contributed by atoms with van der Waals surface area (Å²) in [7, 11) is 0. The second kappa shape index (κ2) is 6.89. The number of carboxylic acid groups (broad SMARTS) is 1. The highest BCUT2D eigenvalue weighted by Crippen LogP contribution is 2.69. The van der Waals surface area contributed by atoms with Crippen LogP contribution in [-0.2, 0) is 6.54 Å². The average molecular weight is 397 g/mol. The minimum atomic E-state index is -0.811. The Bertz CT molecular complexity index is 934. The van der Waals surface area contributed by atoms with Gasteiger partial charge < -0.3 is 14.6 Å². The highest BCUT2D eigenvalue weighted by molar-refractivity contribution is 6.11. The molecule has 0 atom stereocenters. The van der Waals surface area contributed by atoms with Crippen LogP contribution in [0, 0.1) is 22.7 Å². The van der Waals surface area contributed by atoms with Crippen molar-refractivity contribution in [2.45, 2.75) is 53.5 Å². The number of carbonyl (C=O) groups excluding carboxylic acids is 1. The predicted molar refractivity (Wildman–Crippen MR) is 114 cm³/mol. The molecule has 1 aliphatic heterocycles. The van der Waals surface area contributed by atoms with E-state index >= 15 is 0 Å². The van der Waals surface area contributed by atoms with Crippen LogP contribution in [0.15, 0.2) is 30.5 Å². The molecule has 2 fully saturated rings. The van der Waals surface area contributed by atoms with E-state index in [2.05, 4.69) is 50.6 Å². The number of Topliss-reactive ketones (excluding diaryl/α,β-unsaturated/α-hetero) is 1. The van der Waals surface area contributed by atoms with Crippen molar-refractivity contribution < 1.29 is 14.7 Å². The highest BCUT2D eigenvalue weighted by atomic mass is 16.4. The summed E-state index contributed by atoms with van der Waals surface area (Å²) >= 11 is 0. The van der Waals surface area contributed by atoms with Gasteiger partial charge in [-0.1, -0.05) is 45.9 Å². The molecule has 4 rings (SSSR count). The number of benzene rings is 1. The van der Waals surface area contributed by atoms with E-state index in [0.717, 1.165) is 42.3 Å². The molecule has 0 radical (unpaired) electrons. The molecule has 2 aliphatic rings. The van der Waals surface area contributed by atoms with Crippen LogP contribution in [0.3, 0.4) is 0 Å². The lowest BCUT2D eigenvalue weighted by atomic mass is 9.94.